The topological polar surface area (TPSA) is 38.3 Å². The molecule has 0 atom stereocenters. The number of rotatable bonds is 6. The third kappa shape index (κ3) is 4.49. The number of nitrogens with one attached hydrogen (secondary N) is 1. The van der Waals surface area contributed by atoms with E-state index in [1.54, 1.807) is 30.3 Å². The summed E-state index contributed by atoms with van der Waals surface area (Å²) in [5, 5.41) is 2.78. The minimum absolute atomic E-state index is 0.140. The molecule has 0 heterocycles. The zero-order chi connectivity index (χ0) is 15.1. The molecule has 1 amide bonds. The summed E-state index contributed by atoms with van der Waals surface area (Å²) in [6.45, 7) is 2.41. The van der Waals surface area contributed by atoms with Crippen molar-refractivity contribution in [3.8, 4) is 5.75 Å². The first kappa shape index (κ1) is 15.4. The quantitative estimate of drug-likeness (QED) is 0.821. The predicted octanol–water partition coefficient (Wildman–Crippen LogP) is 3.96. The number of carbonyl (C=O) groups excluding carboxylic acids is 1. The number of carbonyl (C=O) groups is 1. The van der Waals surface area contributed by atoms with Crippen molar-refractivity contribution >= 4 is 23.4 Å². The molecule has 3 nitrogen and oxygen atoms in total. The molecular weight excluding hydrogens is 289 g/mol. The van der Waals surface area contributed by atoms with E-state index in [4.69, 9.17) is 4.74 Å². The van der Waals surface area contributed by atoms with Crippen LogP contribution in [0.4, 0.5) is 10.1 Å². The van der Waals surface area contributed by atoms with Crippen LogP contribution in [0.2, 0.25) is 0 Å². The van der Waals surface area contributed by atoms with Crippen molar-refractivity contribution in [1.29, 1.82) is 0 Å². The Kier molecular flexibility index (Phi) is 5.63. The summed E-state index contributed by atoms with van der Waals surface area (Å²) in [7, 11) is 0. The van der Waals surface area contributed by atoms with Crippen LogP contribution in [0.25, 0.3) is 0 Å². The van der Waals surface area contributed by atoms with Crippen molar-refractivity contribution < 1.29 is 13.9 Å². The number of thioether (sulfide) groups is 1. The van der Waals surface area contributed by atoms with Gasteiger partial charge in [-0.1, -0.05) is 24.3 Å². The molecule has 2 aromatic rings. The maximum absolute atomic E-state index is 13.5. The van der Waals surface area contributed by atoms with Gasteiger partial charge < -0.3 is 10.1 Å². The minimum Gasteiger partial charge on any atom is -0.492 e. The number of halogens is 1. The first-order valence-electron chi connectivity index (χ1n) is 6.59. The van der Waals surface area contributed by atoms with Gasteiger partial charge >= 0.3 is 0 Å². The molecule has 2 aromatic carbocycles. The Balaban J connectivity index is 1.95. The van der Waals surface area contributed by atoms with Crippen molar-refractivity contribution in [2.75, 3.05) is 17.7 Å². The molecule has 1 N–H and O–H groups in total. The van der Waals surface area contributed by atoms with Gasteiger partial charge in [-0.15, -0.1) is 11.8 Å². The van der Waals surface area contributed by atoms with Gasteiger partial charge in [0.15, 0.2) is 0 Å². The molecule has 0 fully saturated rings. The Morgan fingerprint density at radius 2 is 1.90 bits per heavy atom. The van der Waals surface area contributed by atoms with Crippen LogP contribution in [0.5, 0.6) is 5.75 Å². The second-order valence-electron chi connectivity index (χ2n) is 4.20. The first-order chi connectivity index (χ1) is 10.2. The minimum atomic E-state index is -0.315. The number of hydrogen-bond donors (Lipinski definition) is 1. The van der Waals surface area contributed by atoms with E-state index in [2.05, 4.69) is 5.32 Å². The summed E-state index contributed by atoms with van der Waals surface area (Å²) in [6, 6.07) is 13.6. The van der Waals surface area contributed by atoms with Gasteiger partial charge in [0, 0.05) is 4.90 Å². The smallest absolute Gasteiger partial charge is 0.234 e. The standard InChI is InChI=1S/C16H16FNO2S/c1-2-20-14-9-5-4-8-13(14)18-16(19)11-21-15-10-6-3-7-12(15)17/h3-10H,2,11H2,1H3,(H,18,19). The Morgan fingerprint density at radius 1 is 1.19 bits per heavy atom. The largest absolute Gasteiger partial charge is 0.492 e. The second-order valence-corrected chi connectivity index (χ2v) is 5.21. The molecule has 0 saturated carbocycles. The van der Waals surface area contributed by atoms with E-state index in [0.717, 1.165) is 0 Å². The van der Waals surface area contributed by atoms with Gasteiger partial charge in [0.1, 0.15) is 11.6 Å². The number of ether oxygens (including phenoxy) is 1. The van der Waals surface area contributed by atoms with E-state index in [1.807, 2.05) is 19.1 Å². The summed E-state index contributed by atoms with van der Waals surface area (Å²) < 4.78 is 18.9. The summed E-state index contributed by atoms with van der Waals surface area (Å²) in [5.74, 6) is 0.256. The van der Waals surface area contributed by atoms with Crippen LogP contribution in [0, 0.1) is 5.82 Å². The molecule has 0 aromatic heterocycles. The highest BCUT2D eigenvalue weighted by Crippen LogP contribution is 2.25. The van der Waals surface area contributed by atoms with Crippen LogP contribution >= 0.6 is 11.8 Å². The summed E-state index contributed by atoms with van der Waals surface area (Å²) >= 11 is 1.17. The molecule has 0 bridgehead atoms. The number of anilines is 1. The third-order valence-corrected chi connectivity index (χ3v) is 3.71. The molecule has 21 heavy (non-hydrogen) atoms. The van der Waals surface area contributed by atoms with Gasteiger partial charge in [-0.05, 0) is 31.2 Å². The zero-order valence-electron chi connectivity index (χ0n) is 11.6. The van der Waals surface area contributed by atoms with Crippen LogP contribution in [-0.4, -0.2) is 18.3 Å². The van der Waals surface area contributed by atoms with Crippen LogP contribution in [0.15, 0.2) is 53.4 Å². The number of para-hydroxylation sites is 2. The van der Waals surface area contributed by atoms with Crippen LogP contribution in [0.1, 0.15) is 6.92 Å². The van der Waals surface area contributed by atoms with Crippen LogP contribution < -0.4 is 10.1 Å². The molecule has 0 unspecified atom stereocenters. The lowest BCUT2D eigenvalue weighted by Gasteiger charge is -2.11. The predicted molar refractivity (Wildman–Crippen MR) is 83.4 cm³/mol. The molecule has 2 rings (SSSR count). The van der Waals surface area contributed by atoms with E-state index in [-0.39, 0.29) is 17.5 Å². The highest BCUT2D eigenvalue weighted by atomic mass is 32.2. The molecule has 0 saturated heterocycles. The highest BCUT2D eigenvalue weighted by Gasteiger charge is 2.09. The van der Waals surface area contributed by atoms with Crippen molar-refractivity contribution in [2.24, 2.45) is 0 Å². The number of benzene rings is 2. The molecule has 0 aliphatic carbocycles. The van der Waals surface area contributed by atoms with Crippen molar-refractivity contribution in [3.05, 3.63) is 54.3 Å². The van der Waals surface area contributed by atoms with E-state index < -0.39 is 0 Å². The summed E-state index contributed by atoms with van der Waals surface area (Å²) in [6.07, 6.45) is 0. The van der Waals surface area contributed by atoms with Crippen molar-refractivity contribution in [2.45, 2.75) is 11.8 Å². The van der Waals surface area contributed by atoms with Gasteiger partial charge in [-0.2, -0.15) is 0 Å². The van der Waals surface area contributed by atoms with Crippen molar-refractivity contribution in [1.82, 2.24) is 0 Å². The third-order valence-electron chi connectivity index (χ3n) is 2.66. The SMILES string of the molecule is CCOc1ccccc1NC(=O)CSc1ccccc1F. The van der Waals surface area contributed by atoms with Gasteiger partial charge in [0.25, 0.3) is 0 Å². The van der Waals surface area contributed by atoms with Crippen molar-refractivity contribution in [3.63, 3.8) is 0 Å². The molecule has 110 valence electrons. The van der Waals surface area contributed by atoms with Gasteiger partial charge in [0.2, 0.25) is 5.91 Å². The Hall–Kier alpha value is -2.01. The number of amides is 1. The summed E-state index contributed by atoms with van der Waals surface area (Å²) in [4.78, 5) is 12.4. The average molecular weight is 305 g/mol. The van der Waals surface area contributed by atoms with E-state index in [0.29, 0.717) is 22.9 Å². The fourth-order valence-corrected chi connectivity index (χ4v) is 2.48. The maximum Gasteiger partial charge on any atom is 0.234 e. The monoisotopic (exact) mass is 305 g/mol. The molecular formula is C16H16FNO2S. The fourth-order valence-electron chi connectivity index (χ4n) is 1.74. The van der Waals surface area contributed by atoms with E-state index in [1.165, 1.54) is 17.8 Å². The lowest BCUT2D eigenvalue weighted by molar-refractivity contribution is -0.113. The Bertz CT molecular complexity index is 619. The van der Waals surface area contributed by atoms with Crippen LogP contribution in [-0.2, 0) is 4.79 Å². The van der Waals surface area contributed by atoms with Crippen LogP contribution in [0.3, 0.4) is 0 Å². The average Bonchev–Trinajstić information content (AvgIpc) is 2.49. The maximum atomic E-state index is 13.5. The van der Waals surface area contributed by atoms with Gasteiger partial charge in [-0.3, -0.25) is 4.79 Å². The molecule has 0 spiro atoms. The normalized spacial score (nSPS) is 10.2. The molecule has 5 heteroatoms. The lowest BCUT2D eigenvalue weighted by atomic mass is 10.3. The first-order valence-corrected chi connectivity index (χ1v) is 7.58. The molecule has 0 aliphatic rings. The van der Waals surface area contributed by atoms with E-state index >= 15 is 0 Å². The molecule has 0 radical (unpaired) electrons. The van der Waals surface area contributed by atoms with Gasteiger partial charge in [0.05, 0.1) is 18.0 Å². The zero-order valence-corrected chi connectivity index (χ0v) is 12.5. The Morgan fingerprint density at radius 3 is 2.67 bits per heavy atom. The second kappa shape index (κ2) is 7.69. The Labute approximate surface area is 127 Å². The fraction of sp³-hybridized carbons (Fsp3) is 0.188. The molecule has 0 aliphatic heterocycles. The van der Waals surface area contributed by atoms with E-state index in [9.17, 15) is 9.18 Å². The highest BCUT2D eigenvalue weighted by molar-refractivity contribution is 8.00. The van der Waals surface area contributed by atoms with Gasteiger partial charge in [-0.25, -0.2) is 4.39 Å². The number of hydrogen-bond acceptors (Lipinski definition) is 3. The lowest BCUT2D eigenvalue weighted by Crippen LogP contribution is -2.15. The summed E-state index contributed by atoms with van der Waals surface area (Å²) in [5.41, 5.74) is 0.624.